The summed E-state index contributed by atoms with van der Waals surface area (Å²) in [5.41, 5.74) is 0. The summed E-state index contributed by atoms with van der Waals surface area (Å²) in [6, 6.07) is 3.94. The first kappa shape index (κ1) is 13.1. The molecule has 0 aromatic carbocycles. The number of rotatable bonds is 6. The van der Waals surface area contributed by atoms with Crippen molar-refractivity contribution in [3.8, 4) is 0 Å². The van der Waals surface area contributed by atoms with E-state index < -0.39 is 0 Å². The number of furan rings is 1. The molecule has 17 heavy (non-hydrogen) atoms. The number of likely N-dealkylation sites (tertiary alicyclic amines) is 1. The van der Waals surface area contributed by atoms with Gasteiger partial charge in [0, 0.05) is 6.54 Å². The smallest absolute Gasteiger partial charge is 0.169 e. The summed E-state index contributed by atoms with van der Waals surface area (Å²) in [6.07, 6.45) is 2.75. The van der Waals surface area contributed by atoms with Crippen molar-refractivity contribution in [3.05, 3.63) is 22.6 Å². The Morgan fingerprint density at radius 2 is 2.18 bits per heavy atom. The van der Waals surface area contributed by atoms with Crippen LogP contribution in [0.1, 0.15) is 25.5 Å². The van der Waals surface area contributed by atoms with Gasteiger partial charge in [-0.25, -0.2) is 0 Å². The molecule has 0 bridgehead atoms. The van der Waals surface area contributed by atoms with E-state index in [0.717, 1.165) is 23.5 Å². The largest absolute Gasteiger partial charge is 0.453 e. The predicted octanol–water partition coefficient (Wildman–Crippen LogP) is 2.86. The molecule has 0 aliphatic carbocycles. The van der Waals surface area contributed by atoms with Gasteiger partial charge in [0.05, 0.1) is 6.54 Å². The molecule has 1 aliphatic rings. The molecule has 1 saturated heterocycles. The molecule has 0 saturated carbocycles. The third-order valence-electron chi connectivity index (χ3n) is 3.19. The molecule has 3 nitrogen and oxygen atoms in total. The molecule has 1 fully saturated rings. The fourth-order valence-corrected chi connectivity index (χ4v) is 2.70. The maximum absolute atomic E-state index is 5.44. The Balaban J connectivity index is 1.60. The van der Waals surface area contributed by atoms with Crippen molar-refractivity contribution >= 4 is 15.9 Å². The third-order valence-corrected chi connectivity index (χ3v) is 3.62. The first-order chi connectivity index (χ1) is 8.24. The van der Waals surface area contributed by atoms with E-state index in [1.165, 1.54) is 32.5 Å². The van der Waals surface area contributed by atoms with Gasteiger partial charge >= 0.3 is 0 Å². The van der Waals surface area contributed by atoms with Crippen LogP contribution in [0.2, 0.25) is 0 Å². The number of hydrogen-bond acceptors (Lipinski definition) is 3. The zero-order valence-corrected chi connectivity index (χ0v) is 12.0. The lowest BCUT2D eigenvalue weighted by atomic mass is 10.1. The summed E-state index contributed by atoms with van der Waals surface area (Å²) in [5, 5.41) is 3.45. The number of halogens is 1. The van der Waals surface area contributed by atoms with Gasteiger partial charge in [0.15, 0.2) is 4.67 Å². The molecule has 2 heterocycles. The van der Waals surface area contributed by atoms with Crippen LogP contribution in [0, 0.1) is 5.92 Å². The highest BCUT2D eigenvalue weighted by Crippen LogP contribution is 2.14. The predicted molar refractivity (Wildman–Crippen MR) is 73.0 cm³/mol. The van der Waals surface area contributed by atoms with E-state index in [9.17, 15) is 0 Å². The molecule has 1 N–H and O–H groups in total. The Morgan fingerprint density at radius 3 is 2.82 bits per heavy atom. The molecular weight excluding hydrogens is 280 g/mol. The van der Waals surface area contributed by atoms with E-state index in [1.807, 2.05) is 12.1 Å². The standard InChI is InChI=1S/C13H21BrN2O/c1-11(10-16-6-2-3-7-16)8-15-9-12-4-5-13(14)17-12/h4-5,11,15H,2-3,6-10H2,1H3. The topological polar surface area (TPSA) is 28.4 Å². The van der Waals surface area contributed by atoms with Crippen molar-refractivity contribution in [1.29, 1.82) is 0 Å². The highest BCUT2D eigenvalue weighted by molar-refractivity contribution is 9.10. The first-order valence-corrected chi connectivity index (χ1v) is 7.20. The van der Waals surface area contributed by atoms with Crippen molar-refractivity contribution < 1.29 is 4.42 Å². The van der Waals surface area contributed by atoms with E-state index >= 15 is 0 Å². The zero-order valence-electron chi connectivity index (χ0n) is 10.4. The number of nitrogens with zero attached hydrogens (tertiary/aromatic N) is 1. The quantitative estimate of drug-likeness (QED) is 0.876. The number of nitrogens with one attached hydrogen (secondary N) is 1. The molecule has 1 aromatic heterocycles. The van der Waals surface area contributed by atoms with Crippen molar-refractivity contribution in [3.63, 3.8) is 0 Å². The van der Waals surface area contributed by atoms with Gasteiger partial charge in [-0.3, -0.25) is 0 Å². The van der Waals surface area contributed by atoms with Crippen LogP contribution in [0.5, 0.6) is 0 Å². The van der Waals surface area contributed by atoms with Gasteiger partial charge in [-0.05, 0) is 66.5 Å². The minimum Gasteiger partial charge on any atom is -0.453 e. The molecule has 1 unspecified atom stereocenters. The maximum atomic E-state index is 5.44. The molecule has 2 rings (SSSR count). The second-order valence-electron chi connectivity index (χ2n) is 4.95. The van der Waals surface area contributed by atoms with Crippen molar-refractivity contribution in [2.45, 2.75) is 26.3 Å². The van der Waals surface area contributed by atoms with Crippen LogP contribution >= 0.6 is 15.9 Å². The molecule has 0 amide bonds. The van der Waals surface area contributed by atoms with Crippen molar-refractivity contribution in [2.24, 2.45) is 5.92 Å². The summed E-state index contributed by atoms with van der Waals surface area (Å²) in [4.78, 5) is 2.57. The van der Waals surface area contributed by atoms with Crippen LogP contribution in [-0.2, 0) is 6.54 Å². The summed E-state index contributed by atoms with van der Waals surface area (Å²) < 4.78 is 6.25. The van der Waals surface area contributed by atoms with Gasteiger partial charge in [0.2, 0.25) is 0 Å². The van der Waals surface area contributed by atoms with E-state index in [0.29, 0.717) is 5.92 Å². The van der Waals surface area contributed by atoms with Crippen LogP contribution in [0.3, 0.4) is 0 Å². The van der Waals surface area contributed by atoms with Gasteiger partial charge < -0.3 is 14.6 Å². The Labute approximate surface area is 112 Å². The monoisotopic (exact) mass is 300 g/mol. The molecule has 1 aromatic rings. The van der Waals surface area contributed by atoms with Gasteiger partial charge in [-0.2, -0.15) is 0 Å². The van der Waals surface area contributed by atoms with Crippen LogP contribution < -0.4 is 5.32 Å². The Hall–Kier alpha value is -0.320. The lowest BCUT2D eigenvalue weighted by Crippen LogP contribution is -2.31. The fraction of sp³-hybridized carbons (Fsp3) is 0.692. The van der Waals surface area contributed by atoms with E-state index in [1.54, 1.807) is 0 Å². The molecular formula is C13H21BrN2O. The van der Waals surface area contributed by atoms with Crippen molar-refractivity contribution in [2.75, 3.05) is 26.2 Å². The average Bonchev–Trinajstić information content (AvgIpc) is 2.90. The first-order valence-electron chi connectivity index (χ1n) is 6.41. The molecule has 0 radical (unpaired) electrons. The minimum absolute atomic E-state index is 0.700. The lowest BCUT2D eigenvalue weighted by molar-refractivity contribution is 0.281. The second kappa shape index (κ2) is 6.57. The van der Waals surface area contributed by atoms with Gasteiger partial charge in [0.25, 0.3) is 0 Å². The molecule has 96 valence electrons. The van der Waals surface area contributed by atoms with Crippen LogP contribution in [0.4, 0.5) is 0 Å². The van der Waals surface area contributed by atoms with Crippen LogP contribution in [0.25, 0.3) is 0 Å². The molecule has 1 aliphatic heterocycles. The zero-order chi connectivity index (χ0) is 12.1. The van der Waals surface area contributed by atoms with Crippen LogP contribution in [-0.4, -0.2) is 31.1 Å². The highest BCUT2D eigenvalue weighted by atomic mass is 79.9. The van der Waals surface area contributed by atoms with Crippen LogP contribution in [0.15, 0.2) is 21.2 Å². The lowest BCUT2D eigenvalue weighted by Gasteiger charge is -2.20. The van der Waals surface area contributed by atoms with Gasteiger partial charge in [-0.15, -0.1) is 0 Å². The molecule has 0 spiro atoms. The Morgan fingerprint density at radius 1 is 1.41 bits per heavy atom. The SMILES string of the molecule is CC(CNCc1ccc(Br)o1)CN1CCCC1. The third kappa shape index (κ3) is 4.45. The number of hydrogen-bond donors (Lipinski definition) is 1. The fourth-order valence-electron chi connectivity index (χ4n) is 2.36. The van der Waals surface area contributed by atoms with E-state index in [-0.39, 0.29) is 0 Å². The Bertz CT molecular complexity index is 334. The summed E-state index contributed by atoms with van der Waals surface area (Å²) in [5.74, 6) is 1.69. The minimum atomic E-state index is 0.700. The summed E-state index contributed by atoms with van der Waals surface area (Å²) in [6.45, 7) is 7.97. The van der Waals surface area contributed by atoms with Gasteiger partial charge in [-0.1, -0.05) is 6.92 Å². The molecule has 4 heteroatoms. The second-order valence-corrected chi connectivity index (χ2v) is 5.73. The van der Waals surface area contributed by atoms with Crippen molar-refractivity contribution in [1.82, 2.24) is 10.2 Å². The summed E-state index contributed by atoms with van der Waals surface area (Å²) in [7, 11) is 0. The Kier molecular flexibility index (Phi) is 5.07. The normalized spacial score (nSPS) is 18.7. The van der Waals surface area contributed by atoms with Gasteiger partial charge in [0.1, 0.15) is 5.76 Å². The highest BCUT2D eigenvalue weighted by Gasteiger charge is 2.14. The summed E-state index contributed by atoms with van der Waals surface area (Å²) >= 11 is 3.31. The van der Waals surface area contributed by atoms with E-state index in [2.05, 4.69) is 33.1 Å². The molecule has 1 atom stereocenters. The van der Waals surface area contributed by atoms with E-state index in [4.69, 9.17) is 4.42 Å². The average molecular weight is 301 g/mol. The maximum Gasteiger partial charge on any atom is 0.169 e.